The van der Waals surface area contributed by atoms with E-state index in [0.29, 0.717) is 6.61 Å². The van der Waals surface area contributed by atoms with Gasteiger partial charge in [-0.15, -0.1) is 0 Å². The average Bonchev–Trinajstić information content (AvgIpc) is 3.55. The van der Waals surface area contributed by atoms with Crippen molar-refractivity contribution in [2.24, 2.45) is 11.0 Å². The maximum Gasteiger partial charge on any atom is 0.244 e. The molecule has 4 rings (SSSR count). The molecule has 1 aliphatic rings. The minimum absolute atomic E-state index is 0.0432. The van der Waals surface area contributed by atoms with Gasteiger partial charge in [0.1, 0.15) is 5.75 Å². The highest BCUT2D eigenvalue weighted by atomic mass is 16.5. The van der Waals surface area contributed by atoms with Gasteiger partial charge in [0.15, 0.2) is 0 Å². The van der Waals surface area contributed by atoms with Crippen molar-refractivity contribution in [1.82, 2.24) is 5.43 Å². The lowest BCUT2D eigenvalue weighted by Crippen LogP contribution is -2.26. The van der Waals surface area contributed by atoms with Crippen LogP contribution in [0.3, 0.4) is 0 Å². The van der Waals surface area contributed by atoms with Gasteiger partial charge < -0.3 is 4.74 Å². The molecule has 1 aliphatic carbocycles. The molecule has 4 heteroatoms. The van der Waals surface area contributed by atoms with E-state index in [4.69, 9.17) is 4.74 Å². The molecule has 0 bridgehead atoms. The molecule has 164 valence electrons. The number of ether oxygens (including phenoxy) is 1. The summed E-state index contributed by atoms with van der Waals surface area (Å²) in [5, 5.41) is 4.40. The Morgan fingerprint density at radius 1 is 1.00 bits per heavy atom. The smallest absolute Gasteiger partial charge is 0.244 e. The Balaban J connectivity index is 1.56. The van der Waals surface area contributed by atoms with Crippen LogP contribution >= 0.6 is 0 Å². The third-order valence-electron chi connectivity index (χ3n) is 6.26. The fourth-order valence-electron chi connectivity index (χ4n) is 4.47. The average molecular weight is 427 g/mol. The Hall–Kier alpha value is -3.40. The number of hydrogen-bond acceptors (Lipinski definition) is 3. The van der Waals surface area contributed by atoms with Crippen molar-refractivity contribution < 1.29 is 9.53 Å². The SMILES string of the molecule is CCOc1ccc(/C(C)=N\NC(=O)C2CC2(c2cccc(C)c2)c2cccc(C)c2)cc1. The van der Waals surface area contributed by atoms with Gasteiger partial charge in [0, 0.05) is 5.41 Å². The third kappa shape index (κ3) is 4.31. The highest BCUT2D eigenvalue weighted by Crippen LogP contribution is 2.59. The standard InChI is InChI=1S/C28H30N2O2/c1-5-32-25-14-12-22(13-15-25)21(4)29-30-27(31)26-18-28(26,23-10-6-8-19(2)16-23)24-11-7-9-20(3)17-24/h6-17,26H,5,18H2,1-4H3,(H,30,31)/b29-21-. The quantitative estimate of drug-likeness (QED) is 0.398. The Bertz CT molecular complexity index is 1100. The van der Waals surface area contributed by atoms with E-state index in [2.05, 4.69) is 72.9 Å². The summed E-state index contributed by atoms with van der Waals surface area (Å²) in [6.07, 6.45) is 0.781. The molecule has 3 aromatic rings. The second-order valence-corrected chi connectivity index (χ2v) is 8.60. The van der Waals surface area contributed by atoms with Crippen molar-refractivity contribution in [2.75, 3.05) is 6.61 Å². The van der Waals surface area contributed by atoms with Crippen molar-refractivity contribution in [3.05, 3.63) is 101 Å². The summed E-state index contributed by atoms with van der Waals surface area (Å²) < 4.78 is 5.49. The zero-order valence-corrected chi connectivity index (χ0v) is 19.2. The number of carbonyl (C=O) groups excluding carboxylic acids is 1. The zero-order chi connectivity index (χ0) is 22.7. The molecular weight excluding hydrogens is 396 g/mol. The summed E-state index contributed by atoms with van der Waals surface area (Å²) in [6, 6.07) is 24.7. The minimum Gasteiger partial charge on any atom is -0.494 e. The number of amides is 1. The highest BCUT2D eigenvalue weighted by molar-refractivity contribution is 5.99. The molecular formula is C28H30N2O2. The van der Waals surface area contributed by atoms with Crippen molar-refractivity contribution >= 4 is 11.6 Å². The summed E-state index contributed by atoms with van der Waals surface area (Å²) in [4.78, 5) is 13.2. The first-order valence-electron chi connectivity index (χ1n) is 11.2. The zero-order valence-electron chi connectivity index (χ0n) is 19.2. The molecule has 1 N–H and O–H groups in total. The topological polar surface area (TPSA) is 50.7 Å². The predicted molar refractivity (Wildman–Crippen MR) is 129 cm³/mol. The lowest BCUT2D eigenvalue weighted by molar-refractivity contribution is -0.122. The number of rotatable bonds is 7. The molecule has 32 heavy (non-hydrogen) atoms. The molecule has 0 spiro atoms. The van der Waals surface area contributed by atoms with Gasteiger partial charge >= 0.3 is 0 Å². The number of benzene rings is 3. The molecule has 0 aromatic heterocycles. The lowest BCUT2D eigenvalue weighted by Gasteiger charge is -2.20. The van der Waals surface area contributed by atoms with Gasteiger partial charge in [-0.2, -0.15) is 5.10 Å². The Labute approximate surface area is 190 Å². The van der Waals surface area contributed by atoms with E-state index in [1.165, 1.54) is 22.3 Å². The minimum atomic E-state index is -0.301. The summed E-state index contributed by atoms with van der Waals surface area (Å²) in [6.45, 7) is 8.68. The first-order chi connectivity index (χ1) is 15.4. The van der Waals surface area contributed by atoms with Gasteiger partial charge in [-0.05, 0) is 75.1 Å². The summed E-state index contributed by atoms with van der Waals surface area (Å²) >= 11 is 0. The van der Waals surface area contributed by atoms with Crippen LogP contribution in [-0.2, 0) is 10.2 Å². The molecule has 0 radical (unpaired) electrons. The van der Waals surface area contributed by atoms with Crippen LogP contribution in [-0.4, -0.2) is 18.2 Å². The number of nitrogens with zero attached hydrogens (tertiary/aromatic N) is 1. The molecule has 3 aromatic carbocycles. The van der Waals surface area contributed by atoms with E-state index < -0.39 is 0 Å². The number of aryl methyl sites for hydroxylation is 2. The number of carbonyl (C=O) groups is 1. The van der Waals surface area contributed by atoms with Gasteiger partial charge in [0.25, 0.3) is 0 Å². The van der Waals surface area contributed by atoms with Crippen LogP contribution in [0.1, 0.15) is 48.1 Å². The van der Waals surface area contributed by atoms with Crippen LogP contribution in [0.25, 0.3) is 0 Å². The van der Waals surface area contributed by atoms with E-state index in [0.717, 1.165) is 23.4 Å². The fraction of sp³-hybridized carbons (Fsp3) is 0.286. The largest absolute Gasteiger partial charge is 0.494 e. The molecule has 4 nitrogen and oxygen atoms in total. The molecule has 1 unspecified atom stereocenters. The monoisotopic (exact) mass is 426 g/mol. The summed E-state index contributed by atoms with van der Waals surface area (Å²) in [5.74, 6) is 0.633. The number of nitrogens with one attached hydrogen (secondary N) is 1. The van der Waals surface area contributed by atoms with E-state index in [1.54, 1.807) is 0 Å². The third-order valence-corrected chi connectivity index (χ3v) is 6.26. The van der Waals surface area contributed by atoms with E-state index >= 15 is 0 Å². The van der Waals surface area contributed by atoms with Crippen molar-refractivity contribution in [3.63, 3.8) is 0 Å². The molecule has 1 amide bonds. The van der Waals surface area contributed by atoms with Crippen LogP contribution in [0.4, 0.5) is 0 Å². The molecule has 0 saturated heterocycles. The Kier molecular flexibility index (Phi) is 6.13. The number of hydrogen-bond donors (Lipinski definition) is 1. The van der Waals surface area contributed by atoms with Gasteiger partial charge in [0.05, 0.1) is 18.2 Å². The summed E-state index contributed by atoms with van der Waals surface area (Å²) in [7, 11) is 0. The van der Waals surface area contributed by atoms with Crippen LogP contribution in [0, 0.1) is 19.8 Å². The summed E-state index contributed by atoms with van der Waals surface area (Å²) in [5.41, 5.74) is 9.02. The van der Waals surface area contributed by atoms with Crippen LogP contribution in [0.2, 0.25) is 0 Å². The molecule has 1 saturated carbocycles. The maximum atomic E-state index is 13.2. The predicted octanol–water partition coefficient (Wildman–Crippen LogP) is 5.55. The number of hydrazone groups is 1. The van der Waals surface area contributed by atoms with Gasteiger partial charge in [0.2, 0.25) is 5.91 Å². The Morgan fingerprint density at radius 3 is 2.12 bits per heavy atom. The highest BCUT2D eigenvalue weighted by Gasteiger charge is 2.60. The van der Waals surface area contributed by atoms with Gasteiger partial charge in [-0.3, -0.25) is 4.79 Å². The molecule has 1 atom stereocenters. The van der Waals surface area contributed by atoms with Gasteiger partial charge in [-0.25, -0.2) is 5.43 Å². The Morgan fingerprint density at radius 2 is 1.59 bits per heavy atom. The first-order valence-corrected chi connectivity index (χ1v) is 11.2. The van der Waals surface area contributed by atoms with Crippen LogP contribution in [0.15, 0.2) is 77.9 Å². The lowest BCUT2D eigenvalue weighted by atomic mass is 9.84. The fourth-order valence-corrected chi connectivity index (χ4v) is 4.47. The van der Waals surface area contributed by atoms with Crippen LogP contribution in [0.5, 0.6) is 5.75 Å². The van der Waals surface area contributed by atoms with E-state index in [1.807, 2.05) is 38.1 Å². The first kappa shape index (κ1) is 21.8. The normalized spacial score (nSPS) is 17.0. The van der Waals surface area contributed by atoms with Crippen molar-refractivity contribution in [1.29, 1.82) is 0 Å². The van der Waals surface area contributed by atoms with E-state index in [-0.39, 0.29) is 17.2 Å². The second-order valence-electron chi connectivity index (χ2n) is 8.60. The maximum absolute atomic E-state index is 13.2. The van der Waals surface area contributed by atoms with Gasteiger partial charge in [-0.1, -0.05) is 59.7 Å². The molecule has 0 aliphatic heterocycles. The molecule has 0 heterocycles. The van der Waals surface area contributed by atoms with Crippen LogP contribution < -0.4 is 10.2 Å². The van der Waals surface area contributed by atoms with E-state index in [9.17, 15) is 4.79 Å². The van der Waals surface area contributed by atoms with Crippen molar-refractivity contribution in [2.45, 2.75) is 39.5 Å². The molecule has 1 fully saturated rings. The van der Waals surface area contributed by atoms with Crippen molar-refractivity contribution in [3.8, 4) is 5.75 Å². The second kappa shape index (κ2) is 8.99.